The van der Waals surface area contributed by atoms with Crippen molar-refractivity contribution in [3.8, 4) is 0 Å². The molecule has 1 saturated carbocycles. The van der Waals surface area contributed by atoms with Crippen LogP contribution >= 0.6 is 0 Å². The Morgan fingerprint density at radius 1 is 0.846 bits per heavy atom. The summed E-state index contributed by atoms with van der Waals surface area (Å²) in [6.07, 6.45) is 14.8. The van der Waals surface area contributed by atoms with E-state index in [1.807, 2.05) is 6.07 Å². The molecule has 39 heavy (non-hydrogen) atoms. The SMILES string of the molecule is FC1(F)c2cccc(c2)CNc2ncnc(NC3CCCCC3)c2CNCCCCCCCN2CCC1CC2. The highest BCUT2D eigenvalue weighted by Gasteiger charge is 2.42. The predicted molar refractivity (Wildman–Crippen MR) is 154 cm³/mol. The molecule has 3 N–H and O–H groups in total. The van der Waals surface area contributed by atoms with Gasteiger partial charge in [-0.25, -0.2) is 18.7 Å². The van der Waals surface area contributed by atoms with Crippen molar-refractivity contribution in [3.63, 3.8) is 0 Å². The van der Waals surface area contributed by atoms with Crippen LogP contribution in [0.15, 0.2) is 30.6 Å². The number of nitrogens with zero attached hydrogens (tertiary/aromatic N) is 3. The van der Waals surface area contributed by atoms with Crippen LogP contribution in [0, 0.1) is 5.92 Å². The number of aromatic nitrogens is 2. The molecule has 214 valence electrons. The van der Waals surface area contributed by atoms with Gasteiger partial charge < -0.3 is 20.9 Å². The van der Waals surface area contributed by atoms with Crippen molar-refractivity contribution in [1.82, 2.24) is 20.2 Å². The van der Waals surface area contributed by atoms with Crippen LogP contribution in [0.25, 0.3) is 0 Å². The largest absolute Gasteiger partial charge is 0.367 e. The molecule has 8 heteroatoms. The number of hydrogen-bond acceptors (Lipinski definition) is 6. The van der Waals surface area contributed by atoms with E-state index in [9.17, 15) is 0 Å². The van der Waals surface area contributed by atoms with Gasteiger partial charge in [0.25, 0.3) is 5.92 Å². The smallest absolute Gasteiger partial charge is 0.276 e. The Hall–Kier alpha value is -2.32. The second-order valence-electron chi connectivity index (χ2n) is 11.8. The Morgan fingerprint density at radius 2 is 1.62 bits per heavy atom. The van der Waals surface area contributed by atoms with Crippen LogP contribution in [0.4, 0.5) is 20.4 Å². The van der Waals surface area contributed by atoms with Crippen LogP contribution in [0.1, 0.15) is 93.7 Å². The van der Waals surface area contributed by atoms with E-state index in [1.165, 1.54) is 51.4 Å². The molecule has 0 unspecified atom stereocenters. The Bertz CT molecular complexity index is 1030. The number of halogens is 2. The number of piperidine rings is 1. The summed E-state index contributed by atoms with van der Waals surface area (Å²) in [4.78, 5) is 11.6. The number of nitrogens with one attached hydrogen (secondary N) is 3. The lowest BCUT2D eigenvalue weighted by atomic mass is 9.86. The molecule has 0 radical (unpaired) electrons. The molecular formula is C31H46F2N6. The molecule has 4 aliphatic rings. The van der Waals surface area contributed by atoms with Crippen LogP contribution in [0.3, 0.4) is 0 Å². The van der Waals surface area contributed by atoms with Gasteiger partial charge >= 0.3 is 0 Å². The van der Waals surface area contributed by atoms with E-state index in [1.54, 1.807) is 24.5 Å². The first kappa shape index (κ1) is 28.2. The van der Waals surface area contributed by atoms with Gasteiger partial charge in [0.1, 0.15) is 18.0 Å². The lowest BCUT2D eigenvalue weighted by Crippen LogP contribution is -2.40. The zero-order valence-electron chi connectivity index (χ0n) is 23.4. The number of hydrogen-bond donors (Lipinski definition) is 3. The maximum atomic E-state index is 15.6. The van der Waals surface area contributed by atoms with Crippen molar-refractivity contribution in [2.24, 2.45) is 5.92 Å². The van der Waals surface area contributed by atoms with E-state index >= 15 is 8.78 Å². The summed E-state index contributed by atoms with van der Waals surface area (Å²) < 4.78 is 31.3. The zero-order chi connectivity index (χ0) is 26.9. The molecule has 0 amide bonds. The minimum absolute atomic E-state index is 0.135. The molecule has 1 aromatic carbocycles. The average molecular weight is 541 g/mol. The predicted octanol–water partition coefficient (Wildman–Crippen LogP) is 6.69. The summed E-state index contributed by atoms with van der Waals surface area (Å²) in [6.45, 7) is 4.66. The van der Waals surface area contributed by atoms with E-state index in [0.717, 1.165) is 61.8 Å². The van der Waals surface area contributed by atoms with Crippen LogP contribution < -0.4 is 16.0 Å². The molecule has 1 saturated heterocycles. The van der Waals surface area contributed by atoms with Crippen molar-refractivity contribution in [1.29, 1.82) is 0 Å². The molecular weight excluding hydrogens is 494 g/mol. The molecule has 2 fully saturated rings. The second-order valence-corrected chi connectivity index (χ2v) is 11.8. The first-order valence-corrected chi connectivity index (χ1v) is 15.3. The van der Waals surface area contributed by atoms with Gasteiger partial charge in [-0.1, -0.05) is 56.7 Å². The quantitative estimate of drug-likeness (QED) is 0.394. The number of fused-ring (bicyclic) bond motifs is 11. The van der Waals surface area contributed by atoms with Gasteiger partial charge in [-0.15, -0.1) is 0 Å². The molecule has 1 aliphatic carbocycles. The highest BCUT2D eigenvalue weighted by Crippen LogP contribution is 2.42. The molecule has 6 nitrogen and oxygen atoms in total. The third-order valence-corrected chi connectivity index (χ3v) is 8.89. The van der Waals surface area contributed by atoms with Gasteiger partial charge in [-0.3, -0.25) is 0 Å². The van der Waals surface area contributed by atoms with Gasteiger partial charge in [-0.05, 0) is 76.3 Å². The number of alkyl halides is 2. The van der Waals surface area contributed by atoms with E-state index in [-0.39, 0.29) is 5.56 Å². The van der Waals surface area contributed by atoms with Crippen molar-refractivity contribution < 1.29 is 8.78 Å². The first-order valence-electron chi connectivity index (χ1n) is 15.3. The van der Waals surface area contributed by atoms with Gasteiger partial charge in [0.2, 0.25) is 0 Å². The maximum absolute atomic E-state index is 15.6. The van der Waals surface area contributed by atoms with Crippen molar-refractivity contribution in [2.75, 3.05) is 36.8 Å². The Labute approximate surface area is 232 Å². The molecule has 0 spiro atoms. The van der Waals surface area contributed by atoms with E-state index in [0.29, 0.717) is 32.0 Å². The van der Waals surface area contributed by atoms with Gasteiger partial charge in [0, 0.05) is 30.6 Å². The summed E-state index contributed by atoms with van der Waals surface area (Å²) in [5.74, 6) is -1.76. The van der Waals surface area contributed by atoms with Crippen LogP contribution in [-0.2, 0) is 19.0 Å². The van der Waals surface area contributed by atoms with E-state index in [2.05, 4.69) is 30.8 Å². The van der Waals surface area contributed by atoms with E-state index < -0.39 is 11.8 Å². The minimum Gasteiger partial charge on any atom is -0.367 e. The molecule has 4 heterocycles. The van der Waals surface area contributed by atoms with Gasteiger partial charge in [0.15, 0.2) is 0 Å². The first-order chi connectivity index (χ1) is 19.1. The molecule has 3 aliphatic heterocycles. The molecule has 6 rings (SSSR count). The van der Waals surface area contributed by atoms with Gasteiger partial charge in [-0.2, -0.15) is 0 Å². The lowest BCUT2D eigenvalue weighted by molar-refractivity contribution is -0.0855. The van der Waals surface area contributed by atoms with E-state index in [4.69, 9.17) is 0 Å². The molecule has 2 aromatic rings. The zero-order valence-corrected chi connectivity index (χ0v) is 23.4. The second kappa shape index (κ2) is 13.8. The molecule has 4 bridgehead atoms. The standard InChI is InChI=1S/C31H46F2N6/c32-31(33)25-14-18-39(19-15-25)17-8-3-1-2-7-16-34-22-28-29(35-21-24-10-9-11-26(31)20-24)36-23-37-30(28)38-27-12-5-4-6-13-27/h9-11,20,23,25,27,34H,1-8,12-19,21-22H2,(H2,35,36,37,38). The van der Waals surface area contributed by atoms with Crippen LogP contribution in [-0.4, -0.2) is 47.1 Å². The Balaban J connectivity index is 1.35. The number of rotatable bonds is 2. The molecule has 1 aromatic heterocycles. The average Bonchev–Trinajstić information content (AvgIpc) is 2.96. The van der Waals surface area contributed by atoms with Crippen molar-refractivity contribution in [2.45, 2.75) is 102 Å². The number of benzene rings is 1. The topological polar surface area (TPSA) is 65.1 Å². The lowest BCUT2D eigenvalue weighted by Gasteiger charge is -2.36. The normalized spacial score (nSPS) is 25.6. The van der Waals surface area contributed by atoms with Crippen molar-refractivity contribution in [3.05, 3.63) is 47.3 Å². The summed E-state index contributed by atoms with van der Waals surface area (Å²) >= 11 is 0. The van der Waals surface area contributed by atoms with Gasteiger partial charge in [0.05, 0.1) is 5.56 Å². The highest BCUT2D eigenvalue weighted by atomic mass is 19.3. The fraction of sp³-hybridized carbons (Fsp3) is 0.677. The highest BCUT2D eigenvalue weighted by molar-refractivity contribution is 5.58. The third-order valence-electron chi connectivity index (χ3n) is 8.89. The van der Waals surface area contributed by atoms with Crippen LogP contribution in [0.5, 0.6) is 0 Å². The summed E-state index contributed by atoms with van der Waals surface area (Å²) in [7, 11) is 0. The summed E-state index contributed by atoms with van der Waals surface area (Å²) in [6, 6.07) is 7.40. The third kappa shape index (κ3) is 7.66. The van der Waals surface area contributed by atoms with Crippen molar-refractivity contribution >= 4 is 11.6 Å². The Kier molecular flexibility index (Phi) is 10.0. The fourth-order valence-electron chi connectivity index (χ4n) is 6.46. The Morgan fingerprint density at radius 3 is 2.46 bits per heavy atom. The fourth-order valence-corrected chi connectivity index (χ4v) is 6.46. The monoisotopic (exact) mass is 540 g/mol. The number of anilines is 2. The summed E-state index contributed by atoms with van der Waals surface area (Å²) in [5, 5.41) is 10.8. The maximum Gasteiger partial charge on any atom is 0.276 e. The molecule has 0 atom stereocenters. The minimum atomic E-state index is -2.82. The summed E-state index contributed by atoms with van der Waals surface area (Å²) in [5.41, 5.74) is 2.01. The van der Waals surface area contributed by atoms with Crippen LogP contribution in [0.2, 0.25) is 0 Å².